The molecule has 2 rings (SSSR count). The van der Waals surface area contributed by atoms with Crippen LogP contribution in [0.1, 0.15) is 38.7 Å². The molecule has 0 unspecified atom stereocenters. The van der Waals surface area contributed by atoms with E-state index in [1.807, 2.05) is 6.07 Å². The van der Waals surface area contributed by atoms with Crippen molar-refractivity contribution in [2.24, 2.45) is 5.41 Å². The summed E-state index contributed by atoms with van der Waals surface area (Å²) in [6.07, 6.45) is 2.66. The Morgan fingerprint density at radius 3 is 2.67 bits per heavy atom. The molecule has 0 saturated carbocycles. The first kappa shape index (κ1) is 16.3. The highest BCUT2D eigenvalue weighted by Gasteiger charge is 2.31. The van der Waals surface area contributed by atoms with Crippen molar-refractivity contribution in [1.82, 2.24) is 4.31 Å². The predicted molar refractivity (Wildman–Crippen MR) is 82.6 cm³/mol. The molecule has 0 aromatic heterocycles. The molecule has 1 aromatic carbocycles. The molecule has 1 heterocycles. The van der Waals surface area contributed by atoms with Gasteiger partial charge in [-0.3, -0.25) is 0 Å². The summed E-state index contributed by atoms with van der Waals surface area (Å²) >= 11 is 6.04. The van der Waals surface area contributed by atoms with Crippen LogP contribution in [0.25, 0.3) is 0 Å². The Bertz CT molecular complexity index is 677. The van der Waals surface area contributed by atoms with Gasteiger partial charge in [0.25, 0.3) is 0 Å². The highest BCUT2D eigenvalue weighted by Crippen LogP contribution is 2.33. The fraction of sp³-hybridized carbons (Fsp3) is 0.533. The average Bonchev–Trinajstić information content (AvgIpc) is 2.60. The van der Waals surface area contributed by atoms with Crippen LogP contribution in [-0.4, -0.2) is 25.8 Å². The molecular weight excluding hydrogens is 308 g/mol. The van der Waals surface area contributed by atoms with E-state index in [0.29, 0.717) is 18.7 Å². The number of sulfonamides is 1. The van der Waals surface area contributed by atoms with Gasteiger partial charge in [-0.25, -0.2) is 8.42 Å². The van der Waals surface area contributed by atoms with E-state index < -0.39 is 10.0 Å². The molecule has 4 nitrogen and oxygen atoms in total. The van der Waals surface area contributed by atoms with Crippen LogP contribution in [-0.2, 0) is 10.0 Å². The Morgan fingerprint density at radius 2 is 2.00 bits per heavy atom. The normalized spacial score (nSPS) is 19.7. The number of nitrogens with zero attached hydrogens (tertiary/aromatic N) is 2. The van der Waals surface area contributed by atoms with Crippen molar-refractivity contribution >= 4 is 21.6 Å². The first-order valence-electron chi connectivity index (χ1n) is 6.96. The highest BCUT2D eigenvalue weighted by atomic mass is 35.5. The second kappa shape index (κ2) is 5.96. The minimum atomic E-state index is -3.65. The maximum Gasteiger partial charge on any atom is 0.244 e. The topological polar surface area (TPSA) is 61.2 Å². The molecule has 0 N–H and O–H groups in total. The molecule has 21 heavy (non-hydrogen) atoms. The Kier molecular flexibility index (Phi) is 4.62. The first-order chi connectivity index (χ1) is 9.76. The van der Waals surface area contributed by atoms with Crippen LogP contribution in [0.15, 0.2) is 23.1 Å². The van der Waals surface area contributed by atoms with Crippen molar-refractivity contribution in [3.05, 3.63) is 28.8 Å². The van der Waals surface area contributed by atoms with E-state index in [0.717, 1.165) is 19.3 Å². The molecule has 1 fully saturated rings. The highest BCUT2D eigenvalue weighted by molar-refractivity contribution is 7.89. The Hall–Kier alpha value is -1.09. The lowest BCUT2D eigenvalue weighted by Gasteiger charge is -2.23. The summed E-state index contributed by atoms with van der Waals surface area (Å²) in [5.41, 5.74) is 0.455. The summed E-state index contributed by atoms with van der Waals surface area (Å²) in [5, 5.41) is 9.11. The molecule has 0 atom stereocenters. The lowest BCUT2D eigenvalue weighted by atomic mass is 9.85. The maximum absolute atomic E-state index is 12.8. The molecule has 1 aromatic rings. The lowest BCUT2D eigenvalue weighted by Crippen LogP contribution is -2.32. The fourth-order valence-corrected chi connectivity index (χ4v) is 4.53. The Labute approximate surface area is 131 Å². The second-order valence-corrected chi connectivity index (χ2v) is 8.49. The minimum absolute atomic E-state index is 0.0305. The van der Waals surface area contributed by atoms with E-state index in [4.69, 9.17) is 16.9 Å². The summed E-state index contributed by atoms with van der Waals surface area (Å²) in [5.74, 6) is 0. The van der Waals surface area contributed by atoms with Crippen LogP contribution in [0.4, 0.5) is 0 Å². The van der Waals surface area contributed by atoms with Crippen molar-refractivity contribution in [1.29, 1.82) is 5.26 Å². The number of benzene rings is 1. The second-order valence-electron chi connectivity index (χ2n) is 6.18. The van der Waals surface area contributed by atoms with E-state index in [1.165, 1.54) is 22.5 Å². The number of hydrogen-bond acceptors (Lipinski definition) is 3. The van der Waals surface area contributed by atoms with E-state index in [2.05, 4.69) is 13.8 Å². The molecule has 0 spiro atoms. The SMILES string of the molecule is CC1(C)CCCN(S(=O)(=O)c2cc(C#N)ccc2Cl)CC1. The van der Waals surface area contributed by atoms with Crippen LogP contribution in [0, 0.1) is 16.7 Å². The third kappa shape index (κ3) is 3.57. The molecule has 0 aliphatic carbocycles. The van der Waals surface area contributed by atoms with Crippen LogP contribution in [0.2, 0.25) is 5.02 Å². The van der Waals surface area contributed by atoms with Crippen LogP contribution in [0.5, 0.6) is 0 Å². The van der Waals surface area contributed by atoms with Crippen LogP contribution < -0.4 is 0 Å². The molecule has 1 aliphatic rings. The van der Waals surface area contributed by atoms with E-state index >= 15 is 0 Å². The van der Waals surface area contributed by atoms with Gasteiger partial charge in [0.15, 0.2) is 0 Å². The summed E-state index contributed by atoms with van der Waals surface area (Å²) in [6, 6.07) is 6.30. The molecule has 6 heteroatoms. The van der Waals surface area contributed by atoms with Gasteiger partial charge in [-0.15, -0.1) is 0 Å². The average molecular weight is 327 g/mol. The van der Waals surface area contributed by atoms with Crippen LogP contribution >= 0.6 is 11.6 Å². The third-order valence-corrected chi connectivity index (χ3v) is 6.36. The summed E-state index contributed by atoms with van der Waals surface area (Å²) < 4.78 is 27.0. The minimum Gasteiger partial charge on any atom is -0.207 e. The van der Waals surface area contributed by atoms with Crippen molar-refractivity contribution in [2.45, 2.75) is 38.0 Å². The number of halogens is 1. The zero-order valence-electron chi connectivity index (χ0n) is 12.3. The fourth-order valence-electron chi connectivity index (χ4n) is 2.55. The van der Waals surface area contributed by atoms with Crippen molar-refractivity contribution < 1.29 is 8.42 Å². The van der Waals surface area contributed by atoms with Crippen LogP contribution in [0.3, 0.4) is 0 Å². The zero-order valence-corrected chi connectivity index (χ0v) is 13.8. The largest absolute Gasteiger partial charge is 0.244 e. The first-order valence-corrected chi connectivity index (χ1v) is 8.78. The van der Waals surface area contributed by atoms with Gasteiger partial charge < -0.3 is 0 Å². The van der Waals surface area contributed by atoms with Crippen molar-refractivity contribution in [3.63, 3.8) is 0 Å². The van der Waals surface area contributed by atoms with Gasteiger partial charge in [-0.1, -0.05) is 25.4 Å². The Morgan fingerprint density at radius 1 is 1.29 bits per heavy atom. The predicted octanol–water partition coefficient (Wildman–Crippen LogP) is 3.41. The van der Waals surface area contributed by atoms with E-state index in [-0.39, 0.29) is 15.3 Å². The van der Waals surface area contributed by atoms with E-state index in [9.17, 15) is 8.42 Å². The lowest BCUT2D eigenvalue weighted by molar-refractivity contribution is 0.315. The molecule has 1 aliphatic heterocycles. The zero-order chi connectivity index (χ0) is 15.7. The molecule has 114 valence electrons. The molecular formula is C15H19ClN2O2S. The Balaban J connectivity index is 2.36. The molecule has 0 radical (unpaired) electrons. The quantitative estimate of drug-likeness (QED) is 0.836. The smallest absolute Gasteiger partial charge is 0.207 e. The number of hydrogen-bond donors (Lipinski definition) is 0. The molecule has 0 bridgehead atoms. The standard InChI is InChI=1S/C15H19ClN2O2S/c1-15(2)6-3-8-18(9-7-15)21(19,20)14-10-12(11-17)4-5-13(14)16/h4-5,10H,3,6-9H2,1-2H3. The molecule has 1 saturated heterocycles. The number of rotatable bonds is 2. The maximum atomic E-state index is 12.8. The van der Waals surface area contributed by atoms with Gasteiger partial charge >= 0.3 is 0 Å². The van der Waals surface area contributed by atoms with Gasteiger partial charge in [-0.2, -0.15) is 9.57 Å². The van der Waals surface area contributed by atoms with Gasteiger partial charge in [0.2, 0.25) is 10.0 Å². The molecule has 0 amide bonds. The van der Waals surface area contributed by atoms with Gasteiger partial charge in [0, 0.05) is 13.1 Å². The monoisotopic (exact) mass is 326 g/mol. The van der Waals surface area contributed by atoms with Crippen molar-refractivity contribution in [2.75, 3.05) is 13.1 Å². The summed E-state index contributed by atoms with van der Waals surface area (Å²) in [6.45, 7) is 5.31. The summed E-state index contributed by atoms with van der Waals surface area (Å²) in [7, 11) is -3.65. The third-order valence-electron chi connectivity index (χ3n) is 3.98. The van der Waals surface area contributed by atoms with Gasteiger partial charge in [-0.05, 0) is 42.9 Å². The van der Waals surface area contributed by atoms with Gasteiger partial charge in [0.1, 0.15) is 4.90 Å². The number of nitriles is 1. The van der Waals surface area contributed by atoms with E-state index in [1.54, 1.807) is 0 Å². The summed E-state index contributed by atoms with van der Waals surface area (Å²) in [4.78, 5) is 0.0305. The van der Waals surface area contributed by atoms with Crippen molar-refractivity contribution in [3.8, 4) is 6.07 Å². The van der Waals surface area contributed by atoms with Gasteiger partial charge in [0.05, 0.1) is 16.7 Å².